The summed E-state index contributed by atoms with van der Waals surface area (Å²) in [4.78, 5) is 5.83. The zero-order valence-electron chi connectivity index (χ0n) is 15.5. The fourth-order valence-corrected chi connectivity index (χ4v) is 4.51. The highest BCUT2D eigenvalue weighted by Gasteiger charge is 2.19. The number of aryl methyl sites for hydroxylation is 1. The van der Waals surface area contributed by atoms with Crippen LogP contribution in [0, 0.1) is 18.3 Å². The summed E-state index contributed by atoms with van der Waals surface area (Å²) in [6.07, 6.45) is 1.12. The largest absolute Gasteiger partial charge is 0.368 e. The number of hydrogen-bond acceptors (Lipinski definition) is 4. The van der Waals surface area contributed by atoms with Crippen LogP contribution in [0.2, 0.25) is 0 Å². The van der Waals surface area contributed by atoms with Crippen molar-refractivity contribution in [3.8, 4) is 6.07 Å². The minimum Gasteiger partial charge on any atom is -0.368 e. The van der Waals surface area contributed by atoms with Crippen molar-refractivity contribution in [3.63, 3.8) is 0 Å². The number of rotatable bonds is 4. The summed E-state index contributed by atoms with van der Waals surface area (Å²) in [7, 11) is 0. The van der Waals surface area contributed by atoms with Gasteiger partial charge in [-0.3, -0.25) is 4.90 Å². The lowest BCUT2D eigenvalue weighted by atomic mass is 10.1. The van der Waals surface area contributed by atoms with E-state index in [0.29, 0.717) is 0 Å². The normalized spacial score (nSPS) is 14.7. The molecule has 0 aliphatic carbocycles. The van der Waals surface area contributed by atoms with E-state index in [1.165, 1.54) is 26.9 Å². The molecule has 0 saturated carbocycles. The Balaban J connectivity index is 0.00000210. The summed E-state index contributed by atoms with van der Waals surface area (Å²) >= 11 is 1.58. The molecule has 2 heterocycles. The third-order valence-corrected chi connectivity index (χ3v) is 6.20. The Morgan fingerprint density at radius 1 is 1.04 bits per heavy atom. The lowest BCUT2D eigenvalue weighted by Gasteiger charge is -2.36. The average molecular weight is 398 g/mol. The number of piperazine rings is 1. The van der Waals surface area contributed by atoms with Crippen molar-refractivity contribution in [2.75, 3.05) is 37.6 Å². The summed E-state index contributed by atoms with van der Waals surface area (Å²) in [5.74, 6) is 0. The molecule has 140 valence electrons. The number of halogens is 1. The van der Waals surface area contributed by atoms with E-state index in [4.69, 9.17) is 0 Å². The molecule has 5 heteroatoms. The Labute approximate surface area is 171 Å². The van der Waals surface area contributed by atoms with Gasteiger partial charge in [-0.05, 0) is 37.1 Å². The maximum atomic E-state index is 9.18. The first-order valence-corrected chi connectivity index (χ1v) is 10.00. The molecule has 3 aromatic rings. The molecule has 0 amide bonds. The number of nitrogens with zero attached hydrogens (tertiary/aromatic N) is 3. The molecular formula is C22H24ClN3S. The van der Waals surface area contributed by atoms with Crippen LogP contribution in [0.15, 0.2) is 48.5 Å². The van der Waals surface area contributed by atoms with E-state index in [-0.39, 0.29) is 12.4 Å². The number of thiophene rings is 1. The Kier molecular flexibility index (Phi) is 6.38. The van der Waals surface area contributed by atoms with Gasteiger partial charge in [0.2, 0.25) is 0 Å². The molecule has 2 aromatic carbocycles. The maximum absolute atomic E-state index is 9.18. The second-order valence-electron chi connectivity index (χ2n) is 6.98. The lowest BCUT2D eigenvalue weighted by molar-refractivity contribution is 0.261. The number of anilines is 1. The van der Waals surface area contributed by atoms with E-state index >= 15 is 0 Å². The van der Waals surface area contributed by atoms with Crippen LogP contribution in [0.3, 0.4) is 0 Å². The van der Waals surface area contributed by atoms with Crippen LogP contribution >= 0.6 is 23.7 Å². The number of hydrogen-bond donors (Lipinski definition) is 0. The first kappa shape index (κ1) is 19.7. The molecule has 0 atom stereocenters. The lowest BCUT2D eigenvalue weighted by Crippen LogP contribution is -2.47. The highest BCUT2D eigenvalue weighted by atomic mass is 35.5. The minimum absolute atomic E-state index is 0. The van der Waals surface area contributed by atoms with Crippen molar-refractivity contribution < 1.29 is 0 Å². The number of fused-ring (bicyclic) bond motifs is 1. The molecule has 0 radical (unpaired) electrons. The van der Waals surface area contributed by atoms with Gasteiger partial charge in [0.1, 0.15) is 10.9 Å². The van der Waals surface area contributed by atoms with Gasteiger partial charge in [-0.15, -0.1) is 23.7 Å². The van der Waals surface area contributed by atoms with Gasteiger partial charge >= 0.3 is 0 Å². The highest BCUT2D eigenvalue weighted by Crippen LogP contribution is 2.33. The fourth-order valence-electron chi connectivity index (χ4n) is 3.63. The monoisotopic (exact) mass is 397 g/mol. The quantitative estimate of drug-likeness (QED) is 0.629. The summed E-state index contributed by atoms with van der Waals surface area (Å²) in [6, 6.07) is 19.6. The van der Waals surface area contributed by atoms with Crippen LogP contribution in [0.1, 0.15) is 16.0 Å². The van der Waals surface area contributed by atoms with Gasteiger partial charge in [-0.1, -0.05) is 35.9 Å². The average Bonchev–Trinajstić information content (AvgIpc) is 3.11. The standard InChI is InChI=1S/C22H23N3S.ClH/c1-17-5-7-18(8-6-17)9-10-24-11-13-25(14-12-24)21-3-2-4-22-20(21)15-19(16-23)26-22;/h2-8,15H,9-14H2,1H3;1H. The van der Waals surface area contributed by atoms with Crippen molar-refractivity contribution in [2.24, 2.45) is 0 Å². The first-order chi connectivity index (χ1) is 12.7. The van der Waals surface area contributed by atoms with Crippen molar-refractivity contribution in [1.29, 1.82) is 5.26 Å². The first-order valence-electron chi connectivity index (χ1n) is 9.18. The Morgan fingerprint density at radius 3 is 2.48 bits per heavy atom. The second-order valence-corrected chi connectivity index (χ2v) is 8.06. The Hall–Kier alpha value is -2.06. The van der Waals surface area contributed by atoms with Crippen molar-refractivity contribution in [3.05, 3.63) is 64.5 Å². The molecule has 3 nitrogen and oxygen atoms in total. The molecule has 0 bridgehead atoms. The summed E-state index contributed by atoms with van der Waals surface area (Å²) in [6.45, 7) is 7.54. The Bertz CT molecular complexity index is 934. The molecular weight excluding hydrogens is 374 g/mol. The van der Waals surface area contributed by atoms with E-state index in [1.54, 1.807) is 11.3 Å². The molecule has 27 heavy (non-hydrogen) atoms. The summed E-state index contributed by atoms with van der Waals surface area (Å²) in [5.41, 5.74) is 4.02. The molecule has 1 fully saturated rings. The van der Waals surface area contributed by atoms with Gasteiger partial charge < -0.3 is 4.90 Å². The van der Waals surface area contributed by atoms with Crippen LogP contribution < -0.4 is 4.90 Å². The number of nitriles is 1. The fraction of sp³-hybridized carbons (Fsp3) is 0.318. The smallest absolute Gasteiger partial charge is 0.110 e. The van der Waals surface area contributed by atoms with E-state index in [0.717, 1.165) is 44.0 Å². The summed E-state index contributed by atoms with van der Waals surface area (Å²) in [5, 5.41) is 10.4. The van der Waals surface area contributed by atoms with Gasteiger partial charge in [-0.25, -0.2) is 0 Å². The third kappa shape index (κ3) is 4.44. The molecule has 0 N–H and O–H groups in total. The molecule has 4 rings (SSSR count). The van der Waals surface area contributed by atoms with E-state index in [9.17, 15) is 5.26 Å². The Morgan fingerprint density at radius 2 is 1.78 bits per heavy atom. The van der Waals surface area contributed by atoms with Crippen molar-refractivity contribution in [1.82, 2.24) is 4.90 Å². The van der Waals surface area contributed by atoms with E-state index in [1.807, 2.05) is 6.07 Å². The second kappa shape index (κ2) is 8.75. The van der Waals surface area contributed by atoms with Gasteiger partial charge in [0.15, 0.2) is 0 Å². The number of benzene rings is 2. The molecule has 0 unspecified atom stereocenters. The van der Waals surface area contributed by atoms with Gasteiger partial charge in [0.05, 0.1) is 0 Å². The molecule has 1 saturated heterocycles. The maximum Gasteiger partial charge on any atom is 0.110 e. The van der Waals surface area contributed by atoms with Gasteiger partial charge in [-0.2, -0.15) is 5.26 Å². The topological polar surface area (TPSA) is 30.3 Å². The molecule has 1 aromatic heterocycles. The predicted molar refractivity (Wildman–Crippen MR) is 117 cm³/mol. The predicted octanol–water partition coefficient (Wildman–Crippen LogP) is 4.87. The van der Waals surface area contributed by atoms with Gasteiger partial charge in [0, 0.05) is 48.5 Å². The van der Waals surface area contributed by atoms with Crippen molar-refractivity contribution >= 4 is 39.5 Å². The van der Waals surface area contributed by atoms with Crippen LogP contribution in [-0.2, 0) is 6.42 Å². The van der Waals surface area contributed by atoms with Crippen LogP contribution in [0.5, 0.6) is 0 Å². The SMILES string of the molecule is Cc1ccc(CCN2CCN(c3cccc4sc(C#N)cc34)CC2)cc1.Cl. The highest BCUT2D eigenvalue weighted by molar-refractivity contribution is 7.19. The van der Waals surface area contributed by atoms with Crippen molar-refractivity contribution in [2.45, 2.75) is 13.3 Å². The van der Waals surface area contributed by atoms with E-state index < -0.39 is 0 Å². The van der Waals surface area contributed by atoms with Gasteiger partial charge in [0.25, 0.3) is 0 Å². The van der Waals surface area contributed by atoms with E-state index in [2.05, 4.69) is 65.3 Å². The summed E-state index contributed by atoms with van der Waals surface area (Å²) < 4.78 is 1.21. The molecule has 1 aliphatic heterocycles. The molecule has 1 aliphatic rings. The minimum atomic E-state index is 0. The van der Waals surface area contributed by atoms with Crippen LogP contribution in [-0.4, -0.2) is 37.6 Å². The molecule has 0 spiro atoms. The third-order valence-electron chi connectivity index (χ3n) is 5.20. The zero-order chi connectivity index (χ0) is 17.9. The van der Waals surface area contributed by atoms with Crippen LogP contribution in [0.25, 0.3) is 10.1 Å². The zero-order valence-corrected chi connectivity index (χ0v) is 17.2. The van der Waals surface area contributed by atoms with Crippen LogP contribution in [0.4, 0.5) is 5.69 Å².